The Morgan fingerprint density at radius 3 is 2.50 bits per heavy atom. The van der Waals surface area contributed by atoms with Crippen LogP contribution < -0.4 is 0 Å². The monoisotopic (exact) mass is 329 g/mol. The standard InChI is InChI=1S/C7H3Br2F2NO2/c8-4-2(6(10)11)1-3(7(13)14)12-5(4)9/h1,6H,(H,13,14). The Hall–Kier alpha value is -0.560. The first-order valence-electron chi connectivity index (χ1n) is 3.31. The van der Waals surface area contributed by atoms with Crippen molar-refractivity contribution in [1.29, 1.82) is 0 Å². The minimum absolute atomic E-state index is 0.0488. The van der Waals surface area contributed by atoms with Crippen LogP contribution in [0.1, 0.15) is 22.5 Å². The summed E-state index contributed by atoms with van der Waals surface area (Å²) < 4.78 is 24.9. The van der Waals surface area contributed by atoms with Gasteiger partial charge in [-0.05, 0) is 37.9 Å². The highest BCUT2D eigenvalue weighted by Gasteiger charge is 2.18. The highest BCUT2D eigenvalue weighted by atomic mass is 79.9. The molecule has 1 N–H and O–H groups in total. The number of aromatic nitrogens is 1. The maximum Gasteiger partial charge on any atom is 0.354 e. The van der Waals surface area contributed by atoms with Gasteiger partial charge in [-0.2, -0.15) is 0 Å². The molecule has 0 fully saturated rings. The molecular weight excluding hydrogens is 328 g/mol. The van der Waals surface area contributed by atoms with Crippen molar-refractivity contribution in [2.24, 2.45) is 0 Å². The zero-order valence-electron chi connectivity index (χ0n) is 6.47. The molecule has 0 amide bonds. The molecule has 1 rings (SSSR count). The topological polar surface area (TPSA) is 50.2 Å². The van der Waals surface area contributed by atoms with Crippen LogP contribution >= 0.6 is 31.9 Å². The van der Waals surface area contributed by atoms with Crippen LogP contribution in [0.4, 0.5) is 8.78 Å². The number of halogens is 4. The summed E-state index contributed by atoms with van der Waals surface area (Å²) >= 11 is 5.76. The lowest BCUT2D eigenvalue weighted by atomic mass is 10.2. The van der Waals surface area contributed by atoms with Crippen molar-refractivity contribution in [3.05, 3.63) is 26.4 Å². The third-order valence-electron chi connectivity index (χ3n) is 1.40. The molecule has 1 aromatic rings. The molecule has 0 aliphatic heterocycles. The summed E-state index contributed by atoms with van der Waals surface area (Å²) in [6, 6.07) is 0.835. The summed E-state index contributed by atoms with van der Waals surface area (Å²) in [5, 5.41) is 8.56. The van der Waals surface area contributed by atoms with Gasteiger partial charge < -0.3 is 5.11 Å². The number of aromatic carboxylic acids is 1. The van der Waals surface area contributed by atoms with Crippen LogP contribution in [0.2, 0.25) is 0 Å². The van der Waals surface area contributed by atoms with Gasteiger partial charge in [0.05, 0.1) is 4.47 Å². The molecule has 0 saturated heterocycles. The van der Waals surface area contributed by atoms with Crippen molar-refractivity contribution in [1.82, 2.24) is 4.98 Å². The van der Waals surface area contributed by atoms with E-state index in [2.05, 4.69) is 36.8 Å². The zero-order chi connectivity index (χ0) is 10.9. The third kappa shape index (κ3) is 2.27. The molecule has 1 heterocycles. The Balaban J connectivity index is 3.35. The molecule has 0 bridgehead atoms. The smallest absolute Gasteiger partial charge is 0.354 e. The lowest BCUT2D eigenvalue weighted by Crippen LogP contribution is -2.03. The van der Waals surface area contributed by atoms with E-state index in [9.17, 15) is 13.6 Å². The fourth-order valence-corrected chi connectivity index (χ4v) is 1.58. The normalized spacial score (nSPS) is 10.6. The SMILES string of the molecule is O=C(O)c1cc(C(F)F)c(Br)c(Br)n1. The molecule has 0 radical (unpaired) electrons. The highest BCUT2D eigenvalue weighted by Crippen LogP contribution is 2.32. The van der Waals surface area contributed by atoms with Gasteiger partial charge in [-0.1, -0.05) is 0 Å². The van der Waals surface area contributed by atoms with Crippen molar-refractivity contribution in [2.75, 3.05) is 0 Å². The van der Waals surface area contributed by atoms with Crippen LogP contribution in [0.3, 0.4) is 0 Å². The van der Waals surface area contributed by atoms with E-state index in [1.807, 2.05) is 0 Å². The van der Waals surface area contributed by atoms with Crippen LogP contribution in [-0.2, 0) is 0 Å². The van der Waals surface area contributed by atoms with Crippen LogP contribution in [-0.4, -0.2) is 16.1 Å². The van der Waals surface area contributed by atoms with E-state index in [0.29, 0.717) is 0 Å². The number of hydrogen-bond acceptors (Lipinski definition) is 2. The lowest BCUT2D eigenvalue weighted by Gasteiger charge is -2.05. The van der Waals surface area contributed by atoms with E-state index in [-0.39, 0.29) is 9.08 Å². The Morgan fingerprint density at radius 2 is 2.07 bits per heavy atom. The van der Waals surface area contributed by atoms with E-state index in [4.69, 9.17) is 5.11 Å². The Labute approximate surface area is 94.4 Å². The molecule has 76 valence electrons. The molecule has 0 unspecified atom stereocenters. The van der Waals surface area contributed by atoms with Gasteiger partial charge in [0.2, 0.25) is 0 Å². The Morgan fingerprint density at radius 1 is 1.50 bits per heavy atom. The van der Waals surface area contributed by atoms with Gasteiger partial charge in [-0.25, -0.2) is 18.6 Å². The number of pyridine rings is 1. The maximum absolute atomic E-state index is 12.4. The first-order valence-corrected chi connectivity index (χ1v) is 4.89. The summed E-state index contributed by atoms with van der Waals surface area (Å²) in [7, 11) is 0. The van der Waals surface area contributed by atoms with Crippen LogP contribution in [0.15, 0.2) is 15.1 Å². The van der Waals surface area contributed by atoms with E-state index >= 15 is 0 Å². The highest BCUT2D eigenvalue weighted by molar-refractivity contribution is 9.13. The van der Waals surface area contributed by atoms with Crippen molar-refractivity contribution in [3.63, 3.8) is 0 Å². The van der Waals surface area contributed by atoms with Gasteiger partial charge in [0.1, 0.15) is 10.3 Å². The van der Waals surface area contributed by atoms with Crippen molar-refractivity contribution in [3.8, 4) is 0 Å². The van der Waals surface area contributed by atoms with Gasteiger partial charge in [0.25, 0.3) is 6.43 Å². The van der Waals surface area contributed by atoms with E-state index in [0.717, 1.165) is 6.07 Å². The van der Waals surface area contributed by atoms with Crippen LogP contribution in [0.5, 0.6) is 0 Å². The van der Waals surface area contributed by atoms with Gasteiger partial charge in [-0.3, -0.25) is 0 Å². The first-order chi connectivity index (χ1) is 6.43. The molecule has 0 aromatic carbocycles. The molecule has 0 atom stereocenters. The van der Waals surface area contributed by atoms with Crippen molar-refractivity contribution < 1.29 is 18.7 Å². The summed E-state index contributed by atoms with van der Waals surface area (Å²) in [5.74, 6) is -1.35. The second-order valence-corrected chi connectivity index (χ2v) is 3.85. The molecule has 3 nitrogen and oxygen atoms in total. The van der Waals surface area contributed by atoms with E-state index < -0.39 is 23.7 Å². The number of carbonyl (C=O) groups is 1. The molecule has 1 aromatic heterocycles. The third-order valence-corrected chi connectivity index (χ3v) is 3.34. The number of alkyl halides is 2. The lowest BCUT2D eigenvalue weighted by molar-refractivity contribution is 0.0689. The van der Waals surface area contributed by atoms with Gasteiger partial charge in [-0.15, -0.1) is 0 Å². The van der Waals surface area contributed by atoms with Gasteiger partial charge in [0, 0.05) is 5.56 Å². The molecule has 0 aliphatic carbocycles. The quantitative estimate of drug-likeness (QED) is 0.847. The zero-order valence-corrected chi connectivity index (χ0v) is 9.64. The van der Waals surface area contributed by atoms with Crippen molar-refractivity contribution >= 4 is 37.8 Å². The Bertz CT molecular complexity index is 384. The summed E-state index contributed by atoms with van der Waals surface area (Å²) in [5.41, 5.74) is -0.820. The van der Waals surface area contributed by atoms with Gasteiger partial charge >= 0.3 is 5.97 Å². The fourth-order valence-electron chi connectivity index (χ4n) is 0.785. The summed E-state index contributed by atoms with van der Waals surface area (Å²) in [6.07, 6.45) is -2.75. The summed E-state index contributed by atoms with van der Waals surface area (Å²) in [4.78, 5) is 14.0. The predicted octanol–water partition coefficient (Wildman–Crippen LogP) is 3.24. The Kier molecular flexibility index (Phi) is 3.54. The van der Waals surface area contributed by atoms with E-state index in [1.54, 1.807) is 0 Å². The van der Waals surface area contributed by atoms with Crippen molar-refractivity contribution in [2.45, 2.75) is 6.43 Å². The summed E-state index contributed by atoms with van der Waals surface area (Å²) in [6.45, 7) is 0. The molecule has 0 spiro atoms. The predicted molar refractivity (Wildman–Crippen MR) is 51.6 cm³/mol. The van der Waals surface area contributed by atoms with Crippen LogP contribution in [0.25, 0.3) is 0 Å². The molecule has 0 aliphatic rings. The molecular formula is C7H3Br2F2NO2. The first kappa shape index (κ1) is 11.5. The minimum Gasteiger partial charge on any atom is -0.477 e. The van der Waals surface area contributed by atoms with E-state index in [1.165, 1.54) is 0 Å². The maximum atomic E-state index is 12.4. The second-order valence-electron chi connectivity index (χ2n) is 2.31. The van der Waals surface area contributed by atoms with Crippen LogP contribution in [0, 0.1) is 0 Å². The fraction of sp³-hybridized carbons (Fsp3) is 0.143. The minimum atomic E-state index is -2.75. The number of carboxylic acids is 1. The average Bonchev–Trinajstić information content (AvgIpc) is 2.08. The number of hydrogen-bond donors (Lipinski definition) is 1. The largest absolute Gasteiger partial charge is 0.477 e. The number of nitrogens with zero attached hydrogens (tertiary/aromatic N) is 1. The molecule has 14 heavy (non-hydrogen) atoms. The second kappa shape index (κ2) is 4.31. The number of carboxylic acid groups (broad SMARTS) is 1. The average molecular weight is 331 g/mol. The molecule has 0 saturated carbocycles. The van der Waals surface area contributed by atoms with Gasteiger partial charge in [0.15, 0.2) is 0 Å². The molecule has 7 heteroatoms. The number of rotatable bonds is 2.